The van der Waals surface area contributed by atoms with Crippen molar-refractivity contribution >= 4 is 34.8 Å². The molecule has 8 nitrogen and oxygen atoms in total. The van der Waals surface area contributed by atoms with Gasteiger partial charge in [-0.15, -0.1) is 0 Å². The monoisotopic (exact) mass is 447 g/mol. The minimum atomic E-state index is -0.177. The molecule has 31 heavy (non-hydrogen) atoms. The van der Waals surface area contributed by atoms with Crippen LogP contribution >= 0.6 is 12.2 Å². The predicted molar refractivity (Wildman–Crippen MR) is 125 cm³/mol. The van der Waals surface area contributed by atoms with Gasteiger partial charge in [-0.3, -0.25) is 14.5 Å². The summed E-state index contributed by atoms with van der Waals surface area (Å²) < 4.78 is 5.17. The summed E-state index contributed by atoms with van der Waals surface area (Å²) in [5.41, 5.74) is 0.875. The van der Waals surface area contributed by atoms with E-state index in [1.54, 1.807) is 7.11 Å². The minimum Gasteiger partial charge on any atom is -0.497 e. The third kappa shape index (κ3) is 5.86. The lowest BCUT2D eigenvalue weighted by Gasteiger charge is -2.37. The number of benzene rings is 1. The fourth-order valence-electron chi connectivity index (χ4n) is 4.40. The standard InChI is InChI=1S/C22H33N5O3S/c1-4-26(5-2)20(28)11-8-17-13-23-21(29)19-12-16(14-27(17)19)25-22(31)24-15-6-9-18(30-3)10-7-15/h6-7,9-10,16-17,19H,4-5,8,11-14H2,1-3H3,(H,23,29)(H2,24,25,31)/t16-,17+,19-/m0/s1. The fourth-order valence-corrected chi connectivity index (χ4v) is 4.68. The lowest BCUT2D eigenvalue weighted by atomic mass is 10.0. The number of hydrogen-bond donors (Lipinski definition) is 3. The number of rotatable bonds is 8. The Hall–Kier alpha value is -2.39. The van der Waals surface area contributed by atoms with Crippen LogP contribution in [0, 0.1) is 0 Å². The molecule has 9 heteroatoms. The van der Waals surface area contributed by atoms with Crippen molar-refractivity contribution < 1.29 is 14.3 Å². The average molecular weight is 448 g/mol. The van der Waals surface area contributed by atoms with Crippen molar-refractivity contribution in [2.24, 2.45) is 0 Å². The summed E-state index contributed by atoms with van der Waals surface area (Å²) in [4.78, 5) is 28.9. The first-order valence-electron chi connectivity index (χ1n) is 11.0. The number of methoxy groups -OCH3 is 1. The third-order valence-electron chi connectivity index (χ3n) is 6.11. The number of fused-ring (bicyclic) bond motifs is 1. The van der Waals surface area contributed by atoms with Crippen molar-refractivity contribution in [2.75, 3.05) is 38.6 Å². The highest BCUT2D eigenvalue weighted by Gasteiger charge is 2.43. The summed E-state index contributed by atoms with van der Waals surface area (Å²) in [6, 6.07) is 7.61. The number of nitrogens with zero attached hydrogens (tertiary/aromatic N) is 2. The number of hydrogen-bond acceptors (Lipinski definition) is 5. The van der Waals surface area contributed by atoms with E-state index >= 15 is 0 Å². The molecule has 2 amide bonds. The molecule has 170 valence electrons. The maximum absolute atomic E-state index is 12.4. The van der Waals surface area contributed by atoms with Crippen LogP contribution in [0.3, 0.4) is 0 Å². The number of piperazine rings is 1. The summed E-state index contributed by atoms with van der Waals surface area (Å²) in [5.74, 6) is 1.02. The van der Waals surface area contributed by atoms with Gasteiger partial charge in [0.2, 0.25) is 11.8 Å². The van der Waals surface area contributed by atoms with Crippen LogP contribution in [-0.2, 0) is 9.59 Å². The minimum absolute atomic E-state index is 0.0599. The predicted octanol–water partition coefficient (Wildman–Crippen LogP) is 1.57. The van der Waals surface area contributed by atoms with E-state index in [0.29, 0.717) is 24.5 Å². The summed E-state index contributed by atoms with van der Waals surface area (Å²) >= 11 is 5.48. The molecule has 3 N–H and O–H groups in total. The van der Waals surface area contributed by atoms with Crippen LogP contribution in [0.2, 0.25) is 0 Å². The van der Waals surface area contributed by atoms with Gasteiger partial charge in [0.15, 0.2) is 5.11 Å². The Kier molecular flexibility index (Phi) is 8.09. The van der Waals surface area contributed by atoms with Crippen LogP contribution < -0.4 is 20.7 Å². The molecule has 0 bridgehead atoms. The summed E-state index contributed by atoms with van der Waals surface area (Å²) in [5, 5.41) is 10.1. The molecular formula is C22H33N5O3S. The Bertz CT molecular complexity index is 784. The first-order valence-corrected chi connectivity index (χ1v) is 11.4. The second-order valence-corrected chi connectivity index (χ2v) is 8.38. The van der Waals surface area contributed by atoms with E-state index < -0.39 is 0 Å². The SMILES string of the molecule is CCN(CC)C(=O)CC[C@@H]1CNC(=O)[C@@H]2C[C@H](NC(=S)Nc3ccc(OC)cc3)CN12. The quantitative estimate of drug-likeness (QED) is 0.522. The lowest BCUT2D eigenvalue weighted by Crippen LogP contribution is -2.58. The molecule has 2 fully saturated rings. The molecule has 0 unspecified atom stereocenters. The molecule has 0 saturated carbocycles. The molecule has 2 aliphatic heterocycles. The van der Waals surface area contributed by atoms with Crippen LogP contribution in [0.15, 0.2) is 24.3 Å². The van der Waals surface area contributed by atoms with E-state index in [1.165, 1.54) is 0 Å². The van der Waals surface area contributed by atoms with E-state index in [1.807, 2.05) is 43.0 Å². The van der Waals surface area contributed by atoms with Crippen molar-refractivity contribution in [1.29, 1.82) is 0 Å². The van der Waals surface area contributed by atoms with E-state index in [-0.39, 0.29) is 29.9 Å². The van der Waals surface area contributed by atoms with Gasteiger partial charge >= 0.3 is 0 Å². The molecule has 3 rings (SSSR count). The molecule has 2 aliphatic rings. The van der Waals surface area contributed by atoms with Gasteiger partial charge in [0.25, 0.3) is 0 Å². The number of anilines is 1. The van der Waals surface area contributed by atoms with Gasteiger partial charge in [0.1, 0.15) is 5.75 Å². The number of ether oxygens (including phenoxy) is 1. The van der Waals surface area contributed by atoms with Crippen molar-refractivity contribution in [2.45, 2.75) is 51.2 Å². The topological polar surface area (TPSA) is 85.9 Å². The molecule has 3 atom stereocenters. The zero-order chi connectivity index (χ0) is 22.4. The molecule has 0 radical (unpaired) electrons. The maximum Gasteiger partial charge on any atom is 0.237 e. The summed E-state index contributed by atoms with van der Waals surface area (Å²) in [6.07, 6.45) is 1.94. The lowest BCUT2D eigenvalue weighted by molar-refractivity contribution is -0.132. The van der Waals surface area contributed by atoms with Gasteiger partial charge in [-0.1, -0.05) is 0 Å². The van der Waals surface area contributed by atoms with E-state index in [0.717, 1.165) is 37.5 Å². The zero-order valence-corrected chi connectivity index (χ0v) is 19.3. The number of thiocarbonyl (C=S) groups is 1. The molecule has 1 aromatic rings. The number of amides is 2. The maximum atomic E-state index is 12.4. The highest BCUT2D eigenvalue weighted by Crippen LogP contribution is 2.26. The Morgan fingerprint density at radius 2 is 2.00 bits per heavy atom. The second-order valence-electron chi connectivity index (χ2n) is 7.98. The van der Waals surface area contributed by atoms with Crippen molar-refractivity contribution in [3.63, 3.8) is 0 Å². The zero-order valence-electron chi connectivity index (χ0n) is 18.5. The Morgan fingerprint density at radius 1 is 1.29 bits per heavy atom. The van der Waals surface area contributed by atoms with Crippen LogP contribution in [0.1, 0.15) is 33.1 Å². The largest absolute Gasteiger partial charge is 0.497 e. The van der Waals surface area contributed by atoms with Crippen LogP contribution in [0.25, 0.3) is 0 Å². The Morgan fingerprint density at radius 3 is 2.65 bits per heavy atom. The van der Waals surface area contributed by atoms with Crippen LogP contribution in [0.5, 0.6) is 5.75 Å². The highest BCUT2D eigenvalue weighted by atomic mass is 32.1. The second kappa shape index (κ2) is 10.8. The number of nitrogens with one attached hydrogen (secondary N) is 3. The van der Waals surface area contributed by atoms with Gasteiger partial charge in [-0.25, -0.2) is 0 Å². The molecular weight excluding hydrogens is 414 g/mol. The number of carbonyl (C=O) groups is 2. The Balaban J connectivity index is 1.54. The highest BCUT2D eigenvalue weighted by molar-refractivity contribution is 7.80. The van der Waals surface area contributed by atoms with Crippen molar-refractivity contribution in [3.8, 4) is 5.75 Å². The smallest absolute Gasteiger partial charge is 0.237 e. The van der Waals surface area contributed by atoms with Crippen LogP contribution in [-0.4, -0.2) is 78.1 Å². The van der Waals surface area contributed by atoms with Crippen LogP contribution in [0.4, 0.5) is 5.69 Å². The normalized spacial score (nSPS) is 22.9. The fraction of sp³-hybridized carbons (Fsp3) is 0.591. The van der Waals surface area contributed by atoms with E-state index in [4.69, 9.17) is 17.0 Å². The van der Waals surface area contributed by atoms with Crippen molar-refractivity contribution in [3.05, 3.63) is 24.3 Å². The molecule has 2 saturated heterocycles. The summed E-state index contributed by atoms with van der Waals surface area (Å²) in [7, 11) is 1.63. The van der Waals surface area contributed by atoms with Gasteiger partial charge in [0, 0.05) is 50.4 Å². The molecule has 0 spiro atoms. The Labute approximate surface area is 189 Å². The third-order valence-corrected chi connectivity index (χ3v) is 6.33. The molecule has 2 heterocycles. The average Bonchev–Trinajstić information content (AvgIpc) is 3.19. The van der Waals surface area contributed by atoms with Gasteiger partial charge in [0.05, 0.1) is 13.2 Å². The molecule has 1 aromatic carbocycles. The first kappa shape index (κ1) is 23.3. The summed E-state index contributed by atoms with van der Waals surface area (Å²) in [6.45, 7) is 6.77. The number of carbonyl (C=O) groups excluding carboxylic acids is 2. The van der Waals surface area contributed by atoms with Gasteiger partial charge in [-0.2, -0.15) is 0 Å². The van der Waals surface area contributed by atoms with E-state index in [9.17, 15) is 9.59 Å². The van der Waals surface area contributed by atoms with Gasteiger partial charge < -0.3 is 25.6 Å². The van der Waals surface area contributed by atoms with E-state index in [2.05, 4.69) is 20.9 Å². The van der Waals surface area contributed by atoms with Gasteiger partial charge in [-0.05, 0) is 63.2 Å². The molecule has 0 aromatic heterocycles. The van der Waals surface area contributed by atoms with Crippen molar-refractivity contribution in [1.82, 2.24) is 20.4 Å². The first-order chi connectivity index (χ1) is 14.9. The molecule has 0 aliphatic carbocycles.